The lowest BCUT2D eigenvalue weighted by Crippen LogP contribution is -2.51. The number of piperidine rings is 1. The molecule has 2 amide bonds. The van der Waals surface area contributed by atoms with E-state index in [1.807, 2.05) is 16.7 Å². The van der Waals surface area contributed by atoms with Gasteiger partial charge < -0.3 is 19.3 Å². The van der Waals surface area contributed by atoms with E-state index in [1.54, 1.807) is 7.11 Å². The highest BCUT2D eigenvalue weighted by molar-refractivity contribution is 5.81. The lowest BCUT2D eigenvalue weighted by Gasteiger charge is -2.38. The van der Waals surface area contributed by atoms with Gasteiger partial charge >= 0.3 is 6.09 Å². The molecular weight excluding hydrogens is 308 g/mol. The summed E-state index contributed by atoms with van der Waals surface area (Å²) in [5.74, 6) is 0.578. The number of carbonyl (C=O) groups excluding carboxylic acids is 2. The number of ether oxygens (including phenoxy) is 2. The third-order valence-electron chi connectivity index (χ3n) is 5.59. The van der Waals surface area contributed by atoms with Crippen LogP contribution < -0.4 is 0 Å². The fraction of sp³-hybridized carbons (Fsp3) is 0.889. The predicted molar refractivity (Wildman–Crippen MR) is 91.8 cm³/mol. The molecule has 2 aliphatic rings. The first kappa shape index (κ1) is 19.0. The van der Waals surface area contributed by atoms with Crippen molar-refractivity contribution in [3.8, 4) is 0 Å². The van der Waals surface area contributed by atoms with Gasteiger partial charge in [0.2, 0.25) is 0 Å². The molecule has 0 aromatic heterocycles. The van der Waals surface area contributed by atoms with Crippen molar-refractivity contribution in [1.82, 2.24) is 9.80 Å². The number of methoxy groups -OCH3 is 1. The van der Waals surface area contributed by atoms with Crippen LogP contribution in [0.3, 0.4) is 0 Å². The van der Waals surface area contributed by atoms with Gasteiger partial charge in [-0.15, -0.1) is 0 Å². The van der Waals surface area contributed by atoms with Gasteiger partial charge in [-0.3, -0.25) is 4.79 Å². The molecule has 24 heavy (non-hydrogen) atoms. The van der Waals surface area contributed by atoms with Crippen LogP contribution in [0.2, 0.25) is 0 Å². The molecule has 0 saturated carbocycles. The van der Waals surface area contributed by atoms with E-state index >= 15 is 0 Å². The summed E-state index contributed by atoms with van der Waals surface area (Å²) in [7, 11) is 1.58. The molecule has 138 valence electrons. The Labute approximate surface area is 145 Å². The highest BCUT2D eigenvalue weighted by Gasteiger charge is 2.48. The third-order valence-corrected chi connectivity index (χ3v) is 5.59. The first-order chi connectivity index (χ1) is 11.5. The molecule has 2 aliphatic heterocycles. The van der Waals surface area contributed by atoms with Crippen molar-refractivity contribution in [1.29, 1.82) is 0 Å². The van der Waals surface area contributed by atoms with Gasteiger partial charge in [-0.25, -0.2) is 4.79 Å². The molecule has 6 heteroatoms. The molecule has 0 bridgehead atoms. The van der Waals surface area contributed by atoms with E-state index < -0.39 is 5.60 Å². The maximum absolute atomic E-state index is 12.4. The Balaban J connectivity index is 1.91. The largest absolute Gasteiger partial charge is 0.441 e. The molecule has 1 spiro atoms. The van der Waals surface area contributed by atoms with Crippen LogP contribution in [0.1, 0.15) is 52.9 Å². The van der Waals surface area contributed by atoms with Crippen LogP contribution >= 0.6 is 0 Å². The van der Waals surface area contributed by atoms with Crippen molar-refractivity contribution in [3.05, 3.63) is 0 Å². The Bertz CT molecular complexity index is 438. The molecule has 0 aromatic rings. The van der Waals surface area contributed by atoms with Crippen LogP contribution in [0.25, 0.3) is 0 Å². The van der Waals surface area contributed by atoms with Crippen molar-refractivity contribution in [2.75, 3.05) is 33.3 Å². The van der Waals surface area contributed by atoms with Crippen molar-refractivity contribution < 1.29 is 19.1 Å². The van der Waals surface area contributed by atoms with Crippen LogP contribution in [-0.4, -0.2) is 66.8 Å². The van der Waals surface area contributed by atoms with Gasteiger partial charge in [0, 0.05) is 39.6 Å². The first-order valence-electron chi connectivity index (χ1n) is 9.28. The Morgan fingerprint density at radius 3 is 2.33 bits per heavy atom. The SMILES string of the molecule is CCC(CC)CN1CC2(CCN(C(=O)[C@@H](CC)OC)CC2)OC1=O. The average molecular weight is 340 g/mol. The minimum atomic E-state index is -0.408. The van der Waals surface area contributed by atoms with Crippen LogP contribution in [0.15, 0.2) is 0 Å². The summed E-state index contributed by atoms with van der Waals surface area (Å²) in [6, 6.07) is 0. The fourth-order valence-electron chi connectivity index (χ4n) is 3.73. The standard InChI is InChI=1S/C18H32N2O4/c1-5-14(6-2)12-20-13-18(24-17(20)22)8-10-19(11-9-18)16(21)15(7-3)23-4/h14-15H,5-13H2,1-4H3/t15-/m1/s1. The molecule has 0 radical (unpaired) electrons. The van der Waals surface area contributed by atoms with Crippen LogP contribution in [0.4, 0.5) is 4.79 Å². The maximum Gasteiger partial charge on any atom is 0.410 e. The van der Waals surface area contributed by atoms with Gasteiger partial charge in [0.25, 0.3) is 5.91 Å². The number of hydrogen-bond acceptors (Lipinski definition) is 4. The Morgan fingerprint density at radius 2 is 1.83 bits per heavy atom. The third kappa shape index (κ3) is 4.02. The predicted octanol–water partition coefficient (Wildman–Crippen LogP) is 2.66. The van der Waals surface area contributed by atoms with E-state index in [0.717, 1.165) is 19.4 Å². The zero-order valence-corrected chi connectivity index (χ0v) is 15.5. The number of likely N-dealkylation sites (tertiary alicyclic amines) is 1. The summed E-state index contributed by atoms with van der Waals surface area (Å²) < 4.78 is 11.0. The molecule has 6 nitrogen and oxygen atoms in total. The zero-order chi connectivity index (χ0) is 17.7. The minimum absolute atomic E-state index is 0.0491. The summed E-state index contributed by atoms with van der Waals surface area (Å²) in [6.45, 7) is 8.97. The monoisotopic (exact) mass is 340 g/mol. The van der Waals surface area contributed by atoms with E-state index in [0.29, 0.717) is 44.8 Å². The molecule has 2 fully saturated rings. The van der Waals surface area contributed by atoms with E-state index in [9.17, 15) is 9.59 Å². The van der Waals surface area contributed by atoms with Gasteiger partial charge in [-0.2, -0.15) is 0 Å². The van der Waals surface area contributed by atoms with E-state index in [-0.39, 0.29) is 18.1 Å². The lowest BCUT2D eigenvalue weighted by atomic mass is 9.90. The summed E-state index contributed by atoms with van der Waals surface area (Å²) in [5, 5.41) is 0. The fourth-order valence-corrected chi connectivity index (χ4v) is 3.73. The average Bonchev–Trinajstić information content (AvgIpc) is 2.89. The summed E-state index contributed by atoms with van der Waals surface area (Å²) in [6.07, 6.45) is 3.70. The van der Waals surface area contributed by atoms with Crippen molar-refractivity contribution in [2.45, 2.75) is 64.6 Å². The Morgan fingerprint density at radius 1 is 1.21 bits per heavy atom. The van der Waals surface area contributed by atoms with Gasteiger partial charge in [-0.05, 0) is 12.3 Å². The van der Waals surface area contributed by atoms with Gasteiger partial charge in [0.15, 0.2) is 0 Å². The van der Waals surface area contributed by atoms with Gasteiger partial charge in [-0.1, -0.05) is 33.6 Å². The summed E-state index contributed by atoms with van der Waals surface area (Å²) in [4.78, 5) is 28.3. The van der Waals surface area contributed by atoms with E-state index in [1.165, 1.54) is 0 Å². The van der Waals surface area contributed by atoms with Crippen LogP contribution in [0.5, 0.6) is 0 Å². The molecule has 1 atom stereocenters. The van der Waals surface area contributed by atoms with E-state index in [4.69, 9.17) is 9.47 Å². The molecule has 2 heterocycles. The summed E-state index contributed by atoms with van der Waals surface area (Å²) in [5.41, 5.74) is -0.408. The molecular formula is C18H32N2O4. The molecule has 0 aromatic carbocycles. The maximum atomic E-state index is 12.4. The number of rotatable bonds is 7. The molecule has 2 rings (SSSR count). The number of nitrogens with zero attached hydrogens (tertiary/aromatic N) is 2. The molecule has 0 unspecified atom stereocenters. The zero-order valence-electron chi connectivity index (χ0n) is 15.5. The smallest absolute Gasteiger partial charge is 0.410 e. The number of carbonyl (C=O) groups is 2. The normalized spacial score (nSPS) is 21.5. The highest BCUT2D eigenvalue weighted by Crippen LogP contribution is 2.34. The van der Waals surface area contributed by atoms with Crippen molar-refractivity contribution in [3.63, 3.8) is 0 Å². The van der Waals surface area contributed by atoms with Gasteiger partial charge in [0.1, 0.15) is 11.7 Å². The summed E-state index contributed by atoms with van der Waals surface area (Å²) >= 11 is 0. The quantitative estimate of drug-likeness (QED) is 0.715. The Kier molecular flexibility index (Phi) is 6.49. The van der Waals surface area contributed by atoms with Gasteiger partial charge in [0.05, 0.1) is 6.54 Å². The molecule has 0 aliphatic carbocycles. The second kappa shape index (κ2) is 8.19. The Hall–Kier alpha value is -1.30. The topological polar surface area (TPSA) is 59.1 Å². The molecule has 0 N–H and O–H groups in total. The van der Waals surface area contributed by atoms with E-state index in [2.05, 4.69) is 13.8 Å². The lowest BCUT2D eigenvalue weighted by molar-refractivity contribution is -0.145. The number of amides is 2. The van der Waals surface area contributed by atoms with Crippen LogP contribution in [-0.2, 0) is 14.3 Å². The van der Waals surface area contributed by atoms with Crippen LogP contribution in [0, 0.1) is 5.92 Å². The second-order valence-electron chi connectivity index (χ2n) is 7.07. The highest BCUT2D eigenvalue weighted by atomic mass is 16.6. The molecule has 2 saturated heterocycles. The van der Waals surface area contributed by atoms with Crippen molar-refractivity contribution in [2.24, 2.45) is 5.92 Å². The first-order valence-corrected chi connectivity index (χ1v) is 9.28. The van der Waals surface area contributed by atoms with Crippen molar-refractivity contribution >= 4 is 12.0 Å². The number of hydrogen-bond donors (Lipinski definition) is 0. The second-order valence-corrected chi connectivity index (χ2v) is 7.07. The minimum Gasteiger partial charge on any atom is -0.441 e.